The summed E-state index contributed by atoms with van der Waals surface area (Å²) in [6.45, 7) is 1.68. The van der Waals surface area contributed by atoms with Crippen LogP contribution in [0.2, 0.25) is 0 Å². The van der Waals surface area contributed by atoms with Gasteiger partial charge in [0.05, 0.1) is 7.11 Å². The Kier molecular flexibility index (Phi) is 3.63. The van der Waals surface area contributed by atoms with Crippen LogP contribution in [0.25, 0.3) is 0 Å². The summed E-state index contributed by atoms with van der Waals surface area (Å²) in [5.41, 5.74) is 0.688. The minimum atomic E-state index is -0.966. The van der Waals surface area contributed by atoms with Crippen molar-refractivity contribution in [1.82, 2.24) is 0 Å². The van der Waals surface area contributed by atoms with Crippen molar-refractivity contribution in [3.8, 4) is 5.75 Å². The molecule has 82 valence electrons. The van der Waals surface area contributed by atoms with Crippen molar-refractivity contribution < 1.29 is 14.6 Å². The number of hydrogen-bond donors (Lipinski definition) is 1. The summed E-state index contributed by atoms with van der Waals surface area (Å²) >= 11 is 1.28. The second kappa shape index (κ2) is 4.57. The number of methoxy groups -OCH3 is 1. The van der Waals surface area contributed by atoms with Crippen molar-refractivity contribution in [3.63, 3.8) is 0 Å². The zero-order chi connectivity index (χ0) is 11.5. The molecule has 0 saturated carbocycles. The first-order chi connectivity index (χ1) is 7.06. The number of hydrogen-bond acceptors (Lipinski definition) is 3. The number of rotatable bonds is 4. The molecule has 1 aromatic rings. The number of carboxylic acid groups (broad SMARTS) is 1. The zero-order valence-corrected chi connectivity index (χ0v) is 9.80. The predicted octanol–water partition coefficient (Wildman–Crippen LogP) is 2.36. The molecule has 1 aromatic carbocycles. The second-order valence-corrected chi connectivity index (χ2v) is 4.47. The summed E-state index contributed by atoms with van der Waals surface area (Å²) < 4.78 is 4.20. The van der Waals surface area contributed by atoms with E-state index in [2.05, 4.69) is 0 Å². The number of aliphatic carboxylic acids is 1. The van der Waals surface area contributed by atoms with Gasteiger partial charge in [0.15, 0.2) is 0 Å². The summed E-state index contributed by atoms with van der Waals surface area (Å²) in [4.78, 5) is 11.2. The van der Waals surface area contributed by atoms with Crippen LogP contribution in [0.15, 0.2) is 24.3 Å². The van der Waals surface area contributed by atoms with Gasteiger partial charge < -0.3 is 9.84 Å². The molecule has 1 N–H and O–H groups in total. The summed E-state index contributed by atoms with van der Waals surface area (Å²) in [6, 6.07) is 7.19. The van der Waals surface area contributed by atoms with Crippen LogP contribution in [0.5, 0.6) is 5.75 Å². The maximum Gasteiger partial charge on any atom is 0.324 e. The number of ether oxygens (including phenoxy) is 1. The third-order valence-electron chi connectivity index (χ3n) is 2.44. The fraction of sp³-hybridized carbons (Fsp3) is 0.364. The molecule has 1 unspecified atom stereocenters. The van der Waals surface area contributed by atoms with Crippen molar-refractivity contribution in [3.05, 3.63) is 29.8 Å². The summed E-state index contributed by atoms with van der Waals surface area (Å²) in [5.74, 6) is -0.253. The van der Waals surface area contributed by atoms with E-state index in [-0.39, 0.29) is 0 Å². The van der Waals surface area contributed by atoms with Gasteiger partial charge in [-0.25, -0.2) is 0 Å². The van der Waals surface area contributed by atoms with Gasteiger partial charge >= 0.3 is 5.97 Å². The minimum absolute atomic E-state index is 0.608. The van der Waals surface area contributed by atoms with Crippen molar-refractivity contribution >= 4 is 17.7 Å². The molecule has 1 rings (SSSR count). The molecule has 0 spiro atoms. The standard InChI is InChI=1S/C11H14O3S/c1-11(15-3,10(12)13)8-6-4-5-7-9(8)14-2/h4-7H,1-3H3,(H,12,13). The SMILES string of the molecule is COc1ccccc1C(C)(SC)C(=O)O. The monoisotopic (exact) mass is 226 g/mol. The van der Waals surface area contributed by atoms with E-state index in [1.165, 1.54) is 11.8 Å². The van der Waals surface area contributed by atoms with Crippen LogP contribution in [0.1, 0.15) is 12.5 Å². The van der Waals surface area contributed by atoms with Crippen LogP contribution in [-0.4, -0.2) is 24.4 Å². The summed E-state index contributed by atoms with van der Waals surface area (Å²) in [6.07, 6.45) is 1.78. The smallest absolute Gasteiger partial charge is 0.324 e. The quantitative estimate of drug-likeness (QED) is 0.856. The van der Waals surface area contributed by atoms with Crippen LogP contribution >= 0.6 is 11.8 Å². The average Bonchev–Trinajstić information content (AvgIpc) is 2.27. The molecular formula is C11H14O3S. The van der Waals surface area contributed by atoms with Gasteiger partial charge in [0.1, 0.15) is 10.5 Å². The maximum absolute atomic E-state index is 11.2. The first-order valence-electron chi connectivity index (χ1n) is 4.48. The number of thioether (sulfide) groups is 1. The molecule has 0 bridgehead atoms. The topological polar surface area (TPSA) is 46.5 Å². The molecule has 3 nitrogen and oxygen atoms in total. The minimum Gasteiger partial charge on any atom is -0.496 e. The largest absolute Gasteiger partial charge is 0.496 e. The molecule has 4 heteroatoms. The molecule has 0 radical (unpaired) electrons. The lowest BCUT2D eigenvalue weighted by molar-refractivity contribution is -0.139. The Bertz CT molecular complexity index is 365. The molecule has 0 fully saturated rings. The van der Waals surface area contributed by atoms with Gasteiger partial charge in [0.25, 0.3) is 0 Å². The second-order valence-electron chi connectivity index (χ2n) is 3.24. The molecule has 0 amide bonds. The van der Waals surface area contributed by atoms with Crippen LogP contribution in [-0.2, 0) is 9.54 Å². The zero-order valence-electron chi connectivity index (χ0n) is 8.98. The third-order valence-corrected chi connectivity index (χ3v) is 3.65. The van der Waals surface area contributed by atoms with Crippen molar-refractivity contribution in [2.45, 2.75) is 11.7 Å². The van der Waals surface area contributed by atoms with Crippen molar-refractivity contribution in [2.24, 2.45) is 0 Å². The van der Waals surface area contributed by atoms with E-state index in [0.717, 1.165) is 0 Å². The highest BCUT2D eigenvalue weighted by Crippen LogP contribution is 2.39. The van der Waals surface area contributed by atoms with E-state index in [4.69, 9.17) is 4.74 Å². The lowest BCUT2D eigenvalue weighted by atomic mass is 9.99. The predicted molar refractivity (Wildman–Crippen MR) is 61.5 cm³/mol. The Balaban J connectivity index is 3.29. The molecule has 1 atom stereocenters. The van der Waals surface area contributed by atoms with Crippen LogP contribution in [0, 0.1) is 0 Å². The number of para-hydroxylation sites is 1. The van der Waals surface area contributed by atoms with Gasteiger partial charge in [-0.05, 0) is 19.2 Å². The van der Waals surface area contributed by atoms with Gasteiger partial charge in [0, 0.05) is 5.56 Å². The third kappa shape index (κ3) is 2.09. The van der Waals surface area contributed by atoms with Gasteiger partial charge in [0.2, 0.25) is 0 Å². The van der Waals surface area contributed by atoms with Gasteiger partial charge in [-0.3, -0.25) is 4.79 Å². The molecule has 0 aliphatic rings. The van der Waals surface area contributed by atoms with E-state index in [1.807, 2.05) is 12.1 Å². The van der Waals surface area contributed by atoms with E-state index in [1.54, 1.807) is 32.4 Å². The average molecular weight is 226 g/mol. The van der Waals surface area contributed by atoms with Crippen molar-refractivity contribution in [1.29, 1.82) is 0 Å². The van der Waals surface area contributed by atoms with E-state index < -0.39 is 10.7 Å². The highest BCUT2D eigenvalue weighted by Gasteiger charge is 2.36. The Morgan fingerprint density at radius 3 is 2.53 bits per heavy atom. The Morgan fingerprint density at radius 1 is 1.47 bits per heavy atom. The van der Waals surface area contributed by atoms with E-state index >= 15 is 0 Å². The van der Waals surface area contributed by atoms with Gasteiger partial charge in [-0.1, -0.05) is 18.2 Å². The summed E-state index contributed by atoms with van der Waals surface area (Å²) in [7, 11) is 1.54. The Morgan fingerprint density at radius 2 is 2.07 bits per heavy atom. The van der Waals surface area contributed by atoms with Gasteiger partial charge in [-0.2, -0.15) is 0 Å². The maximum atomic E-state index is 11.2. The van der Waals surface area contributed by atoms with Crippen molar-refractivity contribution in [2.75, 3.05) is 13.4 Å². The fourth-order valence-electron chi connectivity index (χ4n) is 1.35. The fourth-order valence-corrected chi connectivity index (χ4v) is 1.91. The van der Waals surface area contributed by atoms with E-state index in [9.17, 15) is 9.90 Å². The highest BCUT2D eigenvalue weighted by atomic mass is 32.2. The molecular weight excluding hydrogens is 212 g/mol. The first-order valence-corrected chi connectivity index (χ1v) is 5.70. The molecule has 15 heavy (non-hydrogen) atoms. The number of carboxylic acids is 1. The van der Waals surface area contributed by atoms with Gasteiger partial charge in [-0.15, -0.1) is 11.8 Å². The number of benzene rings is 1. The lowest BCUT2D eigenvalue weighted by Gasteiger charge is -2.24. The number of carbonyl (C=O) groups is 1. The lowest BCUT2D eigenvalue weighted by Crippen LogP contribution is -2.28. The Labute approximate surface area is 93.4 Å². The first kappa shape index (κ1) is 11.9. The normalized spacial score (nSPS) is 14.3. The molecule has 0 aromatic heterocycles. The molecule has 0 aliphatic carbocycles. The van der Waals surface area contributed by atoms with E-state index in [0.29, 0.717) is 11.3 Å². The van der Waals surface area contributed by atoms with Crippen LogP contribution in [0.3, 0.4) is 0 Å². The Hall–Kier alpha value is -1.16. The molecule has 0 heterocycles. The molecule has 0 saturated heterocycles. The van der Waals surface area contributed by atoms with Crippen LogP contribution in [0.4, 0.5) is 0 Å². The molecule has 0 aliphatic heterocycles. The summed E-state index contributed by atoms with van der Waals surface area (Å²) in [5, 5.41) is 9.23. The highest BCUT2D eigenvalue weighted by molar-refractivity contribution is 8.00. The van der Waals surface area contributed by atoms with Crippen LogP contribution < -0.4 is 4.74 Å².